The predicted octanol–water partition coefficient (Wildman–Crippen LogP) is 2.76. The van der Waals surface area contributed by atoms with Gasteiger partial charge in [0.25, 0.3) is 0 Å². The monoisotopic (exact) mass is 370 g/mol. The molecule has 1 unspecified atom stereocenters. The fourth-order valence-corrected chi connectivity index (χ4v) is 3.97. The number of likely N-dealkylation sites (tertiary alicyclic amines) is 1. The molecular weight excluding hydrogens is 336 g/mol. The highest BCUT2D eigenvalue weighted by atomic mass is 16.2. The van der Waals surface area contributed by atoms with Crippen molar-refractivity contribution in [3.63, 3.8) is 0 Å². The standard InChI is InChI=1S/C22H34N4O/c1-19(21-10-13-24(2)14-11-21)23-22(27)26-17-15-25(16-18-26)12-6-9-20-7-4-3-5-8-20/h3-9,19,21H,10-18H2,1-2H3,(H,23,27)/b9-6+. The minimum absolute atomic E-state index is 0.112. The molecule has 2 aliphatic heterocycles. The molecule has 2 fully saturated rings. The van der Waals surface area contributed by atoms with Crippen molar-refractivity contribution in [2.45, 2.75) is 25.8 Å². The van der Waals surface area contributed by atoms with Crippen LogP contribution in [0.4, 0.5) is 4.79 Å². The number of piperazine rings is 1. The van der Waals surface area contributed by atoms with Gasteiger partial charge >= 0.3 is 6.03 Å². The molecule has 2 heterocycles. The van der Waals surface area contributed by atoms with Gasteiger partial charge in [0.1, 0.15) is 0 Å². The van der Waals surface area contributed by atoms with Crippen molar-refractivity contribution in [2.24, 2.45) is 5.92 Å². The SMILES string of the molecule is CC(NC(=O)N1CCN(C/C=C/c2ccccc2)CC1)C1CCN(C)CC1. The molecule has 5 heteroatoms. The first-order chi connectivity index (χ1) is 13.1. The maximum Gasteiger partial charge on any atom is 0.317 e. The average Bonchev–Trinajstić information content (AvgIpc) is 2.70. The van der Waals surface area contributed by atoms with Crippen LogP contribution in [0.1, 0.15) is 25.3 Å². The summed E-state index contributed by atoms with van der Waals surface area (Å²) in [4.78, 5) is 19.3. The summed E-state index contributed by atoms with van der Waals surface area (Å²) in [5.41, 5.74) is 1.23. The number of benzene rings is 1. The molecule has 0 saturated carbocycles. The summed E-state index contributed by atoms with van der Waals surface area (Å²) in [7, 11) is 2.17. The maximum absolute atomic E-state index is 12.6. The van der Waals surface area contributed by atoms with Gasteiger partial charge in [0, 0.05) is 38.8 Å². The number of amides is 2. The van der Waals surface area contributed by atoms with E-state index in [2.05, 4.69) is 65.5 Å². The maximum atomic E-state index is 12.6. The molecule has 1 N–H and O–H groups in total. The molecule has 2 aliphatic rings. The number of nitrogens with one attached hydrogen (secondary N) is 1. The Hall–Kier alpha value is -1.85. The van der Waals surface area contributed by atoms with E-state index >= 15 is 0 Å². The quantitative estimate of drug-likeness (QED) is 0.866. The number of hydrogen-bond donors (Lipinski definition) is 1. The number of piperidine rings is 1. The van der Waals surface area contributed by atoms with Gasteiger partial charge < -0.3 is 15.1 Å². The fraction of sp³-hybridized carbons (Fsp3) is 0.591. The number of carbonyl (C=O) groups is 1. The number of urea groups is 1. The molecule has 1 aromatic carbocycles. The van der Waals surface area contributed by atoms with Crippen LogP contribution in [0.3, 0.4) is 0 Å². The third-order valence-electron chi connectivity index (χ3n) is 5.95. The van der Waals surface area contributed by atoms with Crippen LogP contribution in [-0.4, -0.2) is 79.6 Å². The molecule has 148 valence electrons. The summed E-state index contributed by atoms with van der Waals surface area (Å²) in [6.45, 7) is 8.88. The van der Waals surface area contributed by atoms with E-state index in [4.69, 9.17) is 0 Å². The van der Waals surface area contributed by atoms with Gasteiger partial charge in [-0.2, -0.15) is 0 Å². The van der Waals surface area contributed by atoms with Crippen molar-refractivity contribution in [2.75, 3.05) is 52.9 Å². The second-order valence-electron chi connectivity index (χ2n) is 7.98. The van der Waals surface area contributed by atoms with Crippen LogP contribution in [0, 0.1) is 5.92 Å². The Bertz CT molecular complexity index is 602. The van der Waals surface area contributed by atoms with Crippen LogP contribution in [0.2, 0.25) is 0 Å². The highest BCUT2D eigenvalue weighted by molar-refractivity contribution is 5.74. The third-order valence-corrected chi connectivity index (χ3v) is 5.95. The van der Waals surface area contributed by atoms with Gasteiger partial charge in [-0.3, -0.25) is 4.90 Å². The molecule has 2 saturated heterocycles. The summed E-state index contributed by atoms with van der Waals surface area (Å²) in [5.74, 6) is 0.606. The van der Waals surface area contributed by atoms with Crippen LogP contribution in [-0.2, 0) is 0 Å². The van der Waals surface area contributed by atoms with E-state index in [1.165, 1.54) is 18.4 Å². The zero-order chi connectivity index (χ0) is 19.1. The van der Waals surface area contributed by atoms with E-state index in [1.54, 1.807) is 0 Å². The summed E-state index contributed by atoms with van der Waals surface area (Å²) in [5, 5.41) is 3.25. The summed E-state index contributed by atoms with van der Waals surface area (Å²) in [6, 6.07) is 10.8. The highest BCUT2D eigenvalue weighted by Gasteiger charge is 2.26. The third kappa shape index (κ3) is 6.08. The van der Waals surface area contributed by atoms with Crippen LogP contribution < -0.4 is 5.32 Å². The normalized spacial score (nSPS) is 21.5. The Morgan fingerprint density at radius 3 is 2.44 bits per heavy atom. The van der Waals surface area contributed by atoms with E-state index in [1.807, 2.05) is 11.0 Å². The van der Waals surface area contributed by atoms with Gasteiger partial charge in [-0.05, 0) is 51.4 Å². The Balaban J connectivity index is 1.37. The molecule has 5 nitrogen and oxygen atoms in total. The zero-order valence-electron chi connectivity index (χ0n) is 16.8. The number of nitrogens with zero attached hydrogens (tertiary/aromatic N) is 3. The van der Waals surface area contributed by atoms with Crippen LogP contribution >= 0.6 is 0 Å². The van der Waals surface area contributed by atoms with E-state index in [0.29, 0.717) is 5.92 Å². The Labute approximate surface area is 164 Å². The first-order valence-electron chi connectivity index (χ1n) is 10.3. The van der Waals surface area contributed by atoms with Crippen molar-refractivity contribution < 1.29 is 4.79 Å². The zero-order valence-corrected chi connectivity index (χ0v) is 16.8. The van der Waals surface area contributed by atoms with Gasteiger partial charge in [-0.1, -0.05) is 42.5 Å². The van der Waals surface area contributed by atoms with Gasteiger partial charge in [0.15, 0.2) is 0 Å². The predicted molar refractivity (Wildman–Crippen MR) is 112 cm³/mol. The first-order valence-corrected chi connectivity index (χ1v) is 10.3. The summed E-state index contributed by atoms with van der Waals surface area (Å²) >= 11 is 0. The number of carbonyl (C=O) groups excluding carboxylic acids is 1. The molecular formula is C22H34N4O. The lowest BCUT2D eigenvalue weighted by molar-refractivity contribution is 0.137. The molecule has 1 atom stereocenters. The molecule has 3 rings (SSSR count). The highest BCUT2D eigenvalue weighted by Crippen LogP contribution is 2.19. The fourth-order valence-electron chi connectivity index (χ4n) is 3.97. The van der Waals surface area contributed by atoms with E-state index in [-0.39, 0.29) is 12.1 Å². The molecule has 27 heavy (non-hydrogen) atoms. The Morgan fingerprint density at radius 1 is 1.11 bits per heavy atom. The first kappa shape index (κ1) is 19.9. The van der Waals surface area contributed by atoms with Crippen molar-refractivity contribution in [1.82, 2.24) is 20.0 Å². The minimum Gasteiger partial charge on any atom is -0.335 e. The minimum atomic E-state index is 0.112. The van der Waals surface area contributed by atoms with Crippen molar-refractivity contribution in [3.05, 3.63) is 42.0 Å². The Morgan fingerprint density at radius 2 is 1.78 bits per heavy atom. The average molecular weight is 371 g/mol. The Kier molecular flexibility index (Phi) is 7.30. The smallest absolute Gasteiger partial charge is 0.317 e. The molecule has 1 aromatic rings. The lowest BCUT2D eigenvalue weighted by atomic mass is 9.90. The molecule has 0 aromatic heterocycles. The van der Waals surface area contributed by atoms with E-state index in [9.17, 15) is 4.79 Å². The molecule has 0 bridgehead atoms. The lowest BCUT2D eigenvalue weighted by Crippen LogP contribution is -2.54. The van der Waals surface area contributed by atoms with Gasteiger partial charge in [-0.25, -0.2) is 4.79 Å². The summed E-state index contributed by atoms with van der Waals surface area (Å²) in [6.07, 6.45) is 6.74. The van der Waals surface area contributed by atoms with Crippen LogP contribution in [0.15, 0.2) is 36.4 Å². The second-order valence-corrected chi connectivity index (χ2v) is 7.98. The van der Waals surface area contributed by atoms with Gasteiger partial charge in [0.2, 0.25) is 0 Å². The summed E-state index contributed by atoms with van der Waals surface area (Å²) < 4.78 is 0. The van der Waals surface area contributed by atoms with Crippen molar-refractivity contribution in [1.29, 1.82) is 0 Å². The number of rotatable bonds is 5. The van der Waals surface area contributed by atoms with E-state index < -0.39 is 0 Å². The topological polar surface area (TPSA) is 38.8 Å². The van der Waals surface area contributed by atoms with Gasteiger partial charge in [0.05, 0.1) is 0 Å². The second kappa shape index (κ2) is 9.90. The van der Waals surface area contributed by atoms with Crippen molar-refractivity contribution in [3.8, 4) is 0 Å². The van der Waals surface area contributed by atoms with Crippen molar-refractivity contribution >= 4 is 12.1 Å². The molecule has 0 radical (unpaired) electrons. The van der Waals surface area contributed by atoms with Crippen LogP contribution in [0.5, 0.6) is 0 Å². The molecule has 0 aliphatic carbocycles. The molecule has 2 amide bonds. The molecule has 0 spiro atoms. The number of hydrogen-bond acceptors (Lipinski definition) is 3. The largest absolute Gasteiger partial charge is 0.335 e. The lowest BCUT2D eigenvalue weighted by Gasteiger charge is -2.37. The van der Waals surface area contributed by atoms with Crippen LogP contribution in [0.25, 0.3) is 6.08 Å². The van der Waals surface area contributed by atoms with Gasteiger partial charge in [-0.15, -0.1) is 0 Å². The van der Waals surface area contributed by atoms with E-state index in [0.717, 1.165) is 45.8 Å².